The Morgan fingerprint density at radius 2 is 1.92 bits per heavy atom. The Morgan fingerprint density at radius 3 is 2.23 bits per heavy atom. The van der Waals surface area contributed by atoms with Gasteiger partial charge in [-0.1, -0.05) is 13.8 Å². The van der Waals surface area contributed by atoms with Crippen molar-refractivity contribution in [3.8, 4) is 0 Å². The van der Waals surface area contributed by atoms with Gasteiger partial charge < -0.3 is 5.73 Å². The van der Waals surface area contributed by atoms with Crippen LogP contribution in [0.3, 0.4) is 0 Å². The Labute approximate surface area is 81.9 Å². The molecule has 0 unspecified atom stereocenters. The molecule has 76 valence electrons. The number of hydrogen-bond acceptors (Lipinski definition) is 2. The highest BCUT2D eigenvalue weighted by atomic mass is 14.8. The van der Waals surface area contributed by atoms with Crippen LogP contribution < -0.4 is 5.73 Å². The van der Waals surface area contributed by atoms with Crippen LogP contribution in [0.5, 0.6) is 0 Å². The summed E-state index contributed by atoms with van der Waals surface area (Å²) in [4.78, 5) is 4.41. The van der Waals surface area contributed by atoms with Crippen molar-refractivity contribution in [2.75, 3.05) is 0 Å². The summed E-state index contributed by atoms with van der Waals surface area (Å²) >= 11 is 0. The molecule has 0 atom stereocenters. The average molecular weight is 182 g/mol. The second-order valence-corrected chi connectivity index (χ2v) is 4.77. The zero-order valence-electron chi connectivity index (χ0n) is 9.46. The second-order valence-electron chi connectivity index (χ2n) is 4.77. The van der Waals surface area contributed by atoms with Gasteiger partial charge in [-0.05, 0) is 44.9 Å². The van der Waals surface area contributed by atoms with Crippen LogP contribution >= 0.6 is 0 Å². The van der Waals surface area contributed by atoms with Crippen LogP contribution in [0, 0.1) is 5.92 Å². The first-order chi connectivity index (χ1) is 5.85. The Kier molecular flexibility index (Phi) is 4.74. The molecule has 0 aromatic heterocycles. The molecule has 2 N–H and O–H groups in total. The van der Waals surface area contributed by atoms with E-state index in [4.69, 9.17) is 5.73 Å². The molecule has 2 nitrogen and oxygen atoms in total. The number of nitrogens with zero attached hydrogens (tertiary/aromatic N) is 1. The molecule has 0 aromatic rings. The molecule has 0 spiro atoms. The van der Waals surface area contributed by atoms with E-state index in [-0.39, 0.29) is 5.54 Å². The summed E-state index contributed by atoms with van der Waals surface area (Å²) in [5.74, 6) is 0.626. The minimum Gasteiger partial charge on any atom is -0.404 e. The fraction of sp³-hybridized carbons (Fsp3) is 0.727. The van der Waals surface area contributed by atoms with Crippen LogP contribution in [0.25, 0.3) is 0 Å². The molecule has 2 heteroatoms. The predicted molar refractivity (Wildman–Crippen MR) is 60.0 cm³/mol. The van der Waals surface area contributed by atoms with E-state index in [9.17, 15) is 0 Å². The molecule has 0 fully saturated rings. The van der Waals surface area contributed by atoms with E-state index < -0.39 is 0 Å². The van der Waals surface area contributed by atoms with E-state index in [0.717, 1.165) is 12.0 Å². The molecule has 0 heterocycles. The Balaban J connectivity index is 4.23. The summed E-state index contributed by atoms with van der Waals surface area (Å²) in [6.45, 7) is 10.6. The van der Waals surface area contributed by atoms with Gasteiger partial charge in [-0.2, -0.15) is 0 Å². The van der Waals surface area contributed by atoms with Crippen LogP contribution in [-0.2, 0) is 0 Å². The second kappa shape index (κ2) is 5.05. The van der Waals surface area contributed by atoms with Crippen molar-refractivity contribution < 1.29 is 0 Å². The highest BCUT2D eigenvalue weighted by Crippen LogP contribution is 2.10. The quantitative estimate of drug-likeness (QED) is 0.670. The van der Waals surface area contributed by atoms with Crippen LogP contribution in [-0.4, -0.2) is 11.8 Å². The van der Waals surface area contributed by atoms with E-state index in [0.29, 0.717) is 5.92 Å². The monoisotopic (exact) mass is 182 g/mol. The van der Waals surface area contributed by atoms with E-state index in [1.54, 1.807) is 6.20 Å². The number of aliphatic imine (C=N–C) groups is 1. The van der Waals surface area contributed by atoms with Crippen molar-refractivity contribution in [2.24, 2.45) is 16.6 Å². The largest absolute Gasteiger partial charge is 0.404 e. The van der Waals surface area contributed by atoms with Gasteiger partial charge >= 0.3 is 0 Å². The molecule has 0 aliphatic carbocycles. The fourth-order valence-corrected chi connectivity index (χ4v) is 0.912. The minimum atomic E-state index is -0.00869. The van der Waals surface area contributed by atoms with E-state index in [1.807, 2.05) is 6.21 Å². The lowest BCUT2D eigenvalue weighted by atomic mass is 10.0. The maximum Gasteiger partial charge on any atom is 0.0524 e. The first-order valence-electron chi connectivity index (χ1n) is 4.81. The molecular formula is C11H22N2. The van der Waals surface area contributed by atoms with Crippen molar-refractivity contribution in [3.63, 3.8) is 0 Å². The molecule has 0 saturated carbocycles. The molecule has 0 amide bonds. The molecule has 0 radical (unpaired) electrons. The topological polar surface area (TPSA) is 38.4 Å². The zero-order valence-corrected chi connectivity index (χ0v) is 9.46. The Morgan fingerprint density at radius 1 is 1.38 bits per heavy atom. The SMILES string of the molecule is CC(C)C/C(C=NC(C)(C)C)=C/N. The third-order valence-corrected chi connectivity index (χ3v) is 1.48. The Hall–Kier alpha value is -0.790. The lowest BCUT2D eigenvalue weighted by molar-refractivity contribution is 0.584. The average Bonchev–Trinajstić information content (AvgIpc) is 1.95. The smallest absolute Gasteiger partial charge is 0.0524 e. The van der Waals surface area contributed by atoms with Crippen molar-refractivity contribution in [1.82, 2.24) is 0 Å². The van der Waals surface area contributed by atoms with Crippen LogP contribution in [0.15, 0.2) is 16.8 Å². The van der Waals surface area contributed by atoms with Crippen LogP contribution in [0.1, 0.15) is 41.0 Å². The standard InChI is InChI=1S/C11H22N2/c1-9(2)6-10(7-12)8-13-11(3,4)5/h7-9H,6,12H2,1-5H3/b10-7-,13-8?. The Bertz CT molecular complexity index is 195. The molecular weight excluding hydrogens is 160 g/mol. The molecule has 0 aliphatic heterocycles. The predicted octanol–water partition coefficient (Wildman–Crippen LogP) is 2.74. The molecule has 0 aliphatic rings. The summed E-state index contributed by atoms with van der Waals surface area (Å²) < 4.78 is 0. The number of allylic oxidation sites excluding steroid dienone is 1. The number of rotatable bonds is 3. The first kappa shape index (κ1) is 12.2. The van der Waals surface area contributed by atoms with E-state index in [1.165, 1.54) is 0 Å². The van der Waals surface area contributed by atoms with Gasteiger partial charge in [-0.15, -0.1) is 0 Å². The summed E-state index contributed by atoms with van der Waals surface area (Å²) in [5, 5.41) is 0. The summed E-state index contributed by atoms with van der Waals surface area (Å²) in [5.41, 5.74) is 6.60. The third kappa shape index (κ3) is 7.57. The molecule has 0 rings (SSSR count). The third-order valence-electron chi connectivity index (χ3n) is 1.48. The molecule has 0 aromatic carbocycles. The molecule has 13 heavy (non-hydrogen) atoms. The lowest BCUT2D eigenvalue weighted by Crippen LogP contribution is -2.10. The van der Waals surface area contributed by atoms with Gasteiger partial charge in [-0.25, -0.2) is 0 Å². The summed E-state index contributed by atoms with van der Waals surface area (Å²) in [6.07, 6.45) is 4.53. The van der Waals surface area contributed by atoms with Gasteiger partial charge in [0.1, 0.15) is 0 Å². The van der Waals surface area contributed by atoms with E-state index in [2.05, 4.69) is 39.6 Å². The highest BCUT2D eigenvalue weighted by molar-refractivity contribution is 5.78. The van der Waals surface area contributed by atoms with Crippen molar-refractivity contribution in [1.29, 1.82) is 0 Å². The van der Waals surface area contributed by atoms with Crippen molar-refractivity contribution in [3.05, 3.63) is 11.8 Å². The maximum absolute atomic E-state index is 5.50. The van der Waals surface area contributed by atoms with Crippen LogP contribution in [0.2, 0.25) is 0 Å². The minimum absolute atomic E-state index is 0.00869. The van der Waals surface area contributed by atoms with Gasteiger partial charge in [0.05, 0.1) is 5.54 Å². The molecule has 0 saturated heterocycles. The van der Waals surface area contributed by atoms with Gasteiger partial charge in [0.25, 0.3) is 0 Å². The zero-order chi connectivity index (χ0) is 10.5. The van der Waals surface area contributed by atoms with Crippen molar-refractivity contribution >= 4 is 6.21 Å². The van der Waals surface area contributed by atoms with Gasteiger partial charge in [0, 0.05) is 6.21 Å². The number of nitrogens with two attached hydrogens (primary N) is 1. The molecule has 0 bridgehead atoms. The normalized spacial score (nSPS) is 14.5. The summed E-state index contributed by atoms with van der Waals surface area (Å²) in [6, 6.07) is 0. The maximum atomic E-state index is 5.50. The number of hydrogen-bond donors (Lipinski definition) is 1. The highest BCUT2D eigenvalue weighted by Gasteiger charge is 2.05. The van der Waals surface area contributed by atoms with E-state index >= 15 is 0 Å². The van der Waals surface area contributed by atoms with Gasteiger partial charge in [0.15, 0.2) is 0 Å². The summed E-state index contributed by atoms with van der Waals surface area (Å²) in [7, 11) is 0. The van der Waals surface area contributed by atoms with Crippen LogP contribution in [0.4, 0.5) is 0 Å². The van der Waals surface area contributed by atoms with Crippen molar-refractivity contribution in [2.45, 2.75) is 46.6 Å². The van der Waals surface area contributed by atoms with Gasteiger partial charge in [-0.3, -0.25) is 4.99 Å². The fourth-order valence-electron chi connectivity index (χ4n) is 0.912. The first-order valence-corrected chi connectivity index (χ1v) is 4.81. The lowest BCUT2D eigenvalue weighted by Gasteiger charge is -2.12. The van der Waals surface area contributed by atoms with Gasteiger partial charge in [0.2, 0.25) is 0 Å².